The predicted molar refractivity (Wildman–Crippen MR) is 75.6 cm³/mol. The fourth-order valence-electron chi connectivity index (χ4n) is 2.41. The van der Waals surface area contributed by atoms with Gasteiger partial charge < -0.3 is 9.15 Å². The lowest BCUT2D eigenvalue weighted by molar-refractivity contribution is 0.0600. The minimum Gasteiger partial charge on any atom is -0.465 e. The zero-order chi connectivity index (χ0) is 14.8. The van der Waals surface area contributed by atoms with Crippen molar-refractivity contribution in [2.45, 2.75) is 26.7 Å². The number of methoxy groups -OCH3 is 1. The van der Waals surface area contributed by atoms with Crippen LogP contribution in [-0.2, 0) is 4.74 Å². The maximum absolute atomic E-state index is 11.5. The van der Waals surface area contributed by atoms with Crippen molar-refractivity contribution in [2.75, 3.05) is 7.11 Å². The summed E-state index contributed by atoms with van der Waals surface area (Å²) in [7, 11) is 1.38. The number of aromatic nitrogens is 1. The molecule has 0 bridgehead atoms. The zero-order valence-electron chi connectivity index (χ0n) is 12.2. The van der Waals surface area contributed by atoms with Gasteiger partial charge in [-0.25, -0.2) is 9.78 Å². The largest absolute Gasteiger partial charge is 0.465 e. The highest BCUT2D eigenvalue weighted by molar-refractivity contribution is 5.89. The van der Waals surface area contributed by atoms with Crippen LogP contribution in [0.4, 0.5) is 0 Å². The molecule has 106 valence electrons. The Bertz CT molecular complexity index is 565. The van der Waals surface area contributed by atoms with E-state index in [1.807, 2.05) is 12.1 Å². The van der Waals surface area contributed by atoms with E-state index in [1.54, 1.807) is 18.4 Å². The third-order valence-electron chi connectivity index (χ3n) is 3.28. The van der Waals surface area contributed by atoms with Gasteiger partial charge in [0.2, 0.25) is 0 Å². The minimum absolute atomic E-state index is 0.0103. The molecule has 1 aromatic heterocycles. The highest BCUT2D eigenvalue weighted by atomic mass is 16.5. The molecular weight excluding hydrogens is 254 g/mol. The van der Waals surface area contributed by atoms with Crippen molar-refractivity contribution in [1.82, 2.24) is 4.98 Å². The van der Waals surface area contributed by atoms with Crippen molar-refractivity contribution in [3.8, 4) is 0 Å². The summed E-state index contributed by atoms with van der Waals surface area (Å²) >= 11 is 0. The van der Waals surface area contributed by atoms with E-state index in [-0.39, 0.29) is 17.3 Å². The number of esters is 1. The quantitative estimate of drug-likeness (QED) is 0.801. The summed E-state index contributed by atoms with van der Waals surface area (Å²) in [4.78, 5) is 15.7. The van der Waals surface area contributed by atoms with Gasteiger partial charge >= 0.3 is 5.97 Å². The van der Waals surface area contributed by atoms with Crippen LogP contribution in [0.3, 0.4) is 0 Å². The lowest BCUT2D eigenvalue weighted by Crippen LogP contribution is -2.20. The fourth-order valence-corrected chi connectivity index (χ4v) is 2.41. The fraction of sp³-hybridized carbons (Fsp3) is 0.375. The number of benzene rings is 1. The molecule has 0 aliphatic rings. The van der Waals surface area contributed by atoms with E-state index in [0.717, 1.165) is 11.3 Å². The average Bonchev–Trinajstić information content (AvgIpc) is 2.91. The summed E-state index contributed by atoms with van der Waals surface area (Å²) in [5.41, 5.74) is 2.52. The Morgan fingerprint density at radius 3 is 2.35 bits per heavy atom. The van der Waals surface area contributed by atoms with Crippen LogP contribution in [-0.4, -0.2) is 18.1 Å². The molecule has 4 nitrogen and oxygen atoms in total. The van der Waals surface area contributed by atoms with E-state index in [4.69, 9.17) is 9.15 Å². The summed E-state index contributed by atoms with van der Waals surface area (Å²) in [5.74, 6) is -0.224. The summed E-state index contributed by atoms with van der Waals surface area (Å²) in [6.07, 6.45) is 3.11. The number of nitrogens with zero attached hydrogens (tertiary/aromatic N) is 1. The molecule has 1 unspecified atom stereocenters. The maximum atomic E-state index is 11.5. The summed E-state index contributed by atoms with van der Waals surface area (Å²) in [5, 5.41) is 0. The molecule has 1 heterocycles. The highest BCUT2D eigenvalue weighted by Crippen LogP contribution is 2.39. The van der Waals surface area contributed by atoms with Gasteiger partial charge in [-0.3, -0.25) is 0 Å². The minimum atomic E-state index is -0.328. The van der Waals surface area contributed by atoms with Crippen LogP contribution < -0.4 is 0 Å². The first kappa shape index (κ1) is 14.3. The second kappa shape index (κ2) is 5.49. The monoisotopic (exact) mass is 273 g/mol. The van der Waals surface area contributed by atoms with Crippen molar-refractivity contribution < 1.29 is 13.9 Å². The van der Waals surface area contributed by atoms with E-state index >= 15 is 0 Å². The number of hydrogen-bond donors (Lipinski definition) is 0. The molecule has 4 heteroatoms. The number of hydrogen-bond acceptors (Lipinski definition) is 4. The number of ether oxygens (including phenoxy) is 1. The third kappa shape index (κ3) is 2.90. The molecular formula is C16H19NO3. The molecule has 20 heavy (non-hydrogen) atoms. The lowest BCUT2D eigenvalue weighted by Gasteiger charge is -2.29. The Balaban J connectivity index is 2.38. The third-order valence-corrected chi connectivity index (χ3v) is 3.28. The molecule has 0 radical (unpaired) electrons. The molecule has 0 aliphatic heterocycles. The van der Waals surface area contributed by atoms with Crippen LogP contribution in [0, 0.1) is 5.41 Å². The van der Waals surface area contributed by atoms with Crippen LogP contribution in [0.5, 0.6) is 0 Å². The van der Waals surface area contributed by atoms with Crippen molar-refractivity contribution in [3.05, 3.63) is 53.7 Å². The van der Waals surface area contributed by atoms with E-state index < -0.39 is 0 Å². The van der Waals surface area contributed by atoms with Crippen molar-refractivity contribution in [3.63, 3.8) is 0 Å². The SMILES string of the molecule is COC(=O)c1ccc(C(c2cocn2)C(C)(C)C)cc1. The van der Waals surface area contributed by atoms with Crippen LogP contribution >= 0.6 is 0 Å². The molecule has 0 spiro atoms. The Kier molecular flexibility index (Phi) is 3.93. The normalized spacial score (nSPS) is 13.0. The van der Waals surface area contributed by atoms with E-state index in [2.05, 4.69) is 25.8 Å². The first-order chi connectivity index (χ1) is 9.43. The first-order valence-corrected chi connectivity index (χ1v) is 6.50. The smallest absolute Gasteiger partial charge is 0.337 e. The summed E-state index contributed by atoms with van der Waals surface area (Å²) in [6.45, 7) is 6.46. The Hall–Kier alpha value is -2.10. The standard InChI is InChI=1S/C16H19NO3/c1-16(2,3)14(13-9-20-10-17-13)11-5-7-12(8-6-11)15(18)19-4/h5-10,14H,1-4H3. The molecule has 1 atom stereocenters. The van der Waals surface area contributed by atoms with Gasteiger partial charge in [-0.05, 0) is 23.1 Å². The number of carbonyl (C=O) groups excluding carboxylic acids is 1. The van der Waals surface area contributed by atoms with E-state index in [0.29, 0.717) is 5.56 Å². The maximum Gasteiger partial charge on any atom is 0.337 e. The Labute approximate surface area is 118 Å². The number of oxazole rings is 1. The van der Waals surface area contributed by atoms with Crippen LogP contribution in [0.2, 0.25) is 0 Å². The molecule has 0 amide bonds. The van der Waals surface area contributed by atoms with E-state index in [1.165, 1.54) is 13.5 Å². The first-order valence-electron chi connectivity index (χ1n) is 6.50. The van der Waals surface area contributed by atoms with Gasteiger partial charge in [0, 0.05) is 5.92 Å². The summed E-state index contributed by atoms with van der Waals surface area (Å²) < 4.78 is 9.82. The van der Waals surface area contributed by atoms with Crippen LogP contribution in [0.25, 0.3) is 0 Å². The van der Waals surface area contributed by atoms with Gasteiger partial charge in [-0.15, -0.1) is 0 Å². The highest BCUT2D eigenvalue weighted by Gasteiger charge is 2.30. The molecule has 0 N–H and O–H groups in total. The molecule has 1 aromatic carbocycles. The molecule has 0 aliphatic carbocycles. The van der Waals surface area contributed by atoms with Crippen LogP contribution in [0.15, 0.2) is 41.3 Å². The van der Waals surface area contributed by atoms with Gasteiger partial charge in [-0.2, -0.15) is 0 Å². The lowest BCUT2D eigenvalue weighted by atomic mass is 9.75. The second-order valence-corrected chi connectivity index (χ2v) is 5.83. The molecule has 0 saturated carbocycles. The topological polar surface area (TPSA) is 52.3 Å². The molecule has 0 saturated heterocycles. The van der Waals surface area contributed by atoms with Crippen LogP contribution in [0.1, 0.15) is 48.3 Å². The van der Waals surface area contributed by atoms with Crippen molar-refractivity contribution >= 4 is 5.97 Å². The van der Waals surface area contributed by atoms with Crippen molar-refractivity contribution in [2.24, 2.45) is 5.41 Å². The molecule has 2 rings (SSSR count). The van der Waals surface area contributed by atoms with Crippen molar-refractivity contribution in [1.29, 1.82) is 0 Å². The number of carbonyl (C=O) groups is 1. The van der Waals surface area contributed by atoms with Gasteiger partial charge in [0.15, 0.2) is 6.39 Å². The van der Waals surface area contributed by atoms with Gasteiger partial charge in [0.1, 0.15) is 6.26 Å². The number of rotatable bonds is 3. The van der Waals surface area contributed by atoms with Gasteiger partial charge in [-0.1, -0.05) is 32.9 Å². The zero-order valence-corrected chi connectivity index (χ0v) is 12.2. The van der Waals surface area contributed by atoms with Gasteiger partial charge in [0.25, 0.3) is 0 Å². The Morgan fingerprint density at radius 2 is 1.90 bits per heavy atom. The van der Waals surface area contributed by atoms with E-state index in [9.17, 15) is 4.79 Å². The average molecular weight is 273 g/mol. The predicted octanol–water partition coefficient (Wildman–Crippen LogP) is 3.64. The van der Waals surface area contributed by atoms with Gasteiger partial charge in [0.05, 0.1) is 18.4 Å². The summed E-state index contributed by atoms with van der Waals surface area (Å²) in [6, 6.07) is 7.44. The second-order valence-electron chi connectivity index (χ2n) is 5.83. The Morgan fingerprint density at radius 1 is 1.25 bits per heavy atom. The molecule has 2 aromatic rings. The molecule has 0 fully saturated rings.